The number of H-pyrrole nitrogens is 2. The largest absolute Gasteiger partial charge is 0.348 e. The number of rotatable bonds is 4. The summed E-state index contributed by atoms with van der Waals surface area (Å²) < 4.78 is 0. The molecule has 3 aromatic rings. The van der Waals surface area contributed by atoms with Crippen molar-refractivity contribution in [2.75, 3.05) is 0 Å². The first-order valence-corrected chi connectivity index (χ1v) is 5.53. The van der Waals surface area contributed by atoms with Crippen LogP contribution in [0.3, 0.4) is 0 Å². The molecular weight excluding hydrogens is 216 g/mol. The van der Waals surface area contributed by atoms with Gasteiger partial charge in [0.15, 0.2) is 5.65 Å². The van der Waals surface area contributed by atoms with Gasteiger partial charge in [-0.1, -0.05) is 0 Å². The second kappa shape index (κ2) is 4.32. The summed E-state index contributed by atoms with van der Waals surface area (Å²) in [6.45, 7) is 0. The molecule has 0 aliphatic rings. The fourth-order valence-electron chi connectivity index (χ4n) is 1.87. The zero-order valence-electron chi connectivity index (χ0n) is 9.22. The summed E-state index contributed by atoms with van der Waals surface area (Å²) in [7, 11) is 0. The van der Waals surface area contributed by atoms with Crippen molar-refractivity contribution >= 4 is 11.2 Å². The molecule has 3 rings (SSSR count). The van der Waals surface area contributed by atoms with Gasteiger partial charge in [-0.15, -0.1) is 0 Å². The molecule has 6 nitrogen and oxygen atoms in total. The highest BCUT2D eigenvalue weighted by Gasteiger charge is 2.05. The van der Waals surface area contributed by atoms with E-state index in [0.29, 0.717) is 0 Å². The van der Waals surface area contributed by atoms with Crippen molar-refractivity contribution in [3.8, 4) is 0 Å². The lowest BCUT2D eigenvalue weighted by Gasteiger charge is -2.00. The van der Waals surface area contributed by atoms with Crippen molar-refractivity contribution in [1.29, 1.82) is 0 Å². The zero-order valence-corrected chi connectivity index (χ0v) is 9.22. The Morgan fingerprint density at radius 1 is 1.00 bits per heavy atom. The minimum atomic E-state index is 0.733. The number of hydrogen-bond acceptors (Lipinski definition) is 4. The van der Waals surface area contributed by atoms with E-state index < -0.39 is 0 Å². The van der Waals surface area contributed by atoms with Gasteiger partial charge in [-0.2, -0.15) is 0 Å². The minimum absolute atomic E-state index is 0.733. The van der Waals surface area contributed by atoms with Crippen LogP contribution in [0.1, 0.15) is 17.8 Å². The molecule has 0 bridgehead atoms. The van der Waals surface area contributed by atoms with Crippen LogP contribution in [0.25, 0.3) is 11.2 Å². The zero-order chi connectivity index (χ0) is 11.5. The van der Waals surface area contributed by atoms with Crippen LogP contribution in [0, 0.1) is 0 Å². The van der Waals surface area contributed by atoms with Crippen LogP contribution in [0.15, 0.2) is 25.2 Å². The van der Waals surface area contributed by atoms with E-state index in [1.807, 2.05) is 6.20 Å². The first kappa shape index (κ1) is 9.95. The predicted octanol–water partition coefficient (Wildman–Crippen LogP) is 1.25. The van der Waals surface area contributed by atoms with Gasteiger partial charge in [0.05, 0.1) is 18.3 Å². The molecule has 86 valence electrons. The van der Waals surface area contributed by atoms with E-state index in [1.54, 1.807) is 19.0 Å². The summed E-state index contributed by atoms with van der Waals surface area (Å²) in [5.74, 6) is 0. The average molecular weight is 228 g/mol. The van der Waals surface area contributed by atoms with Crippen LogP contribution in [-0.2, 0) is 12.8 Å². The number of aromatic amines is 2. The van der Waals surface area contributed by atoms with Crippen molar-refractivity contribution in [3.63, 3.8) is 0 Å². The molecule has 0 aliphatic heterocycles. The van der Waals surface area contributed by atoms with Crippen molar-refractivity contribution in [3.05, 3.63) is 36.6 Å². The van der Waals surface area contributed by atoms with Crippen molar-refractivity contribution < 1.29 is 0 Å². The molecule has 3 aromatic heterocycles. The van der Waals surface area contributed by atoms with Gasteiger partial charge >= 0.3 is 0 Å². The van der Waals surface area contributed by atoms with Gasteiger partial charge in [0.25, 0.3) is 0 Å². The smallest absolute Gasteiger partial charge is 0.180 e. The van der Waals surface area contributed by atoms with Crippen LogP contribution in [-0.4, -0.2) is 29.9 Å². The van der Waals surface area contributed by atoms with E-state index in [4.69, 9.17) is 0 Å². The highest BCUT2D eigenvalue weighted by molar-refractivity contribution is 5.71. The van der Waals surface area contributed by atoms with E-state index in [9.17, 15) is 0 Å². The first-order valence-electron chi connectivity index (χ1n) is 5.53. The van der Waals surface area contributed by atoms with Gasteiger partial charge < -0.3 is 9.97 Å². The number of fused-ring (bicyclic) bond motifs is 1. The lowest BCUT2D eigenvalue weighted by atomic mass is 10.1. The summed E-state index contributed by atoms with van der Waals surface area (Å²) in [5, 5.41) is 0. The van der Waals surface area contributed by atoms with Gasteiger partial charge in [0.1, 0.15) is 11.8 Å². The number of hydrogen-bond donors (Lipinski definition) is 2. The fraction of sp³-hybridized carbons (Fsp3) is 0.273. The highest BCUT2D eigenvalue weighted by atomic mass is 15.0. The Kier molecular flexibility index (Phi) is 2.53. The monoisotopic (exact) mass is 228 g/mol. The fourth-order valence-corrected chi connectivity index (χ4v) is 1.87. The molecule has 6 heteroatoms. The normalized spacial score (nSPS) is 11.1. The van der Waals surface area contributed by atoms with Gasteiger partial charge in [-0.25, -0.2) is 19.9 Å². The van der Waals surface area contributed by atoms with Crippen LogP contribution in [0.5, 0.6) is 0 Å². The Labute approximate surface area is 97.6 Å². The molecule has 2 N–H and O–H groups in total. The van der Waals surface area contributed by atoms with Gasteiger partial charge in [-0.05, 0) is 19.3 Å². The molecule has 0 atom stereocenters. The summed E-state index contributed by atoms with van der Waals surface area (Å²) in [6.07, 6.45) is 9.67. The summed E-state index contributed by atoms with van der Waals surface area (Å²) in [6, 6.07) is 0. The van der Waals surface area contributed by atoms with Gasteiger partial charge in [0.2, 0.25) is 0 Å². The molecule has 0 amide bonds. The van der Waals surface area contributed by atoms with E-state index in [-0.39, 0.29) is 0 Å². The molecule has 0 unspecified atom stereocenters. The highest BCUT2D eigenvalue weighted by Crippen LogP contribution is 2.12. The molecule has 0 saturated heterocycles. The molecule has 0 radical (unpaired) electrons. The topological polar surface area (TPSA) is 83.1 Å². The molecule has 17 heavy (non-hydrogen) atoms. The molecule has 0 saturated carbocycles. The lowest BCUT2D eigenvalue weighted by Crippen LogP contribution is -1.95. The third-order valence-electron chi connectivity index (χ3n) is 2.72. The number of aromatic nitrogens is 6. The number of imidazole rings is 2. The van der Waals surface area contributed by atoms with E-state index >= 15 is 0 Å². The van der Waals surface area contributed by atoms with Gasteiger partial charge in [0, 0.05) is 11.9 Å². The maximum Gasteiger partial charge on any atom is 0.180 e. The maximum absolute atomic E-state index is 4.29. The Bertz CT molecular complexity index is 597. The molecular formula is C11H12N6. The molecule has 3 heterocycles. The Hall–Kier alpha value is -2.24. The lowest BCUT2D eigenvalue weighted by molar-refractivity contribution is 0.787. The molecule has 0 aromatic carbocycles. The van der Waals surface area contributed by atoms with Crippen molar-refractivity contribution in [2.45, 2.75) is 19.3 Å². The second-order valence-corrected chi connectivity index (χ2v) is 3.85. The van der Waals surface area contributed by atoms with Crippen LogP contribution in [0.2, 0.25) is 0 Å². The summed E-state index contributed by atoms with van der Waals surface area (Å²) in [4.78, 5) is 22.7. The molecule has 0 spiro atoms. The second-order valence-electron chi connectivity index (χ2n) is 3.85. The summed E-state index contributed by atoms with van der Waals surface area (Å²) in [5.41, 5.74) is 3.85. The third-order valence-corrected chi connectivity index (χ3v) is 2.72. The Balaban J connectivity index is 1.70. The standard InChI is InChI=1S/C11H12N6/c1(2-8-4-12-5-13-8)3-9-10-11(16-6-14-9)17-7-15-10/h4-7H,1-3H2,(H,12,13)(H,14,15,16,17). The SMILES string of the molecule is c1nc(CCCc2cnc[nH]2)c2[nH]cnc2n1. The van der Waals surface area contributed by atoms with Gasteiger partial charge in [-0.3, -0.25) is 0 Å². The average Bonchev–Trinajstić information content (AvgIpc) is 2.99. The Morgan fingerprint density at radius 3 is 2.88 bits per heavy atom. The molecule has 0 fully saturated rings. The quantitative estimate of drug-likeness (QED) is 0.704. The molecule has 0 aliphatic carbocycles. The number of aryl methyl sites for hydroxylation is 2. The van der Waals surface area contributed by atoms with Crippen LogP contribution < -0.4 is 0 Å². The minimum Gasteiger partial charge on any atom is -0.348 e. The van der Waals surface area contributed by atoms with E-state index in [0.717, 1.165) is 41.8 Å². The van der Waals surface area contributed by atoms with Crippen LogP contribution >= 0.6 is 0 Å². The van der Waals surface area contributed by atoms with Crippen LogP contribution in [0.4, 0.5) is 0 Å². The predicted molar refractivity (Wildman–Crippen MR) is 62.3 cm³/mol. The van der Waals surface area contributed by atoms with Crippen molar-refractivity contribution in [1.82, 2.24) is 29.9 Å². The maximum atomic E-state index is 4.29. The van der Waals surface area contributed by atoms with E-state index in [1.165, 1.54) is 0 Å². The Morgan fingerprint density at radius 2 is 2.00 bits per heavy atom. The third kappa shape index (κ3) is 2.01. The summed E-state index contributed by atoms with van der Waals surface area (Å²) >= 11 is 0. The van der Waals surface area contributed by atoms with Crippen molar-refractivity contribution in [2.24, 2.45) is 0 Å². The first-order chi connectivity index (χ1) is 8.43. The number of nitrogens with one attached hydrogen (secondary N) is 2. The van der Waals surface area contributed by atoms with E-state index in [2.05, 4.69) is 29.9 Å². The number of nitrogens with zero attached hydrogens (tertiary/aromatic N) is 4.